The van der Waals surface area contributed by atoms with Gasteiger partial charge in [0.25, 0.3) is 0 Å². The van der Waals surface area contributed by atoms with Crippen molar-refractivity contribution in [3.05, 3.63) is 23.8 Å². The van der Waals surface area contributed by atoms with Crippen LogP contribution in [0.15, 0.2) is 18.2 Å². The summed E-state index contributed by atoms with van der Waals surface area (Å²) in [5.41, 5.74) is 1.47. The number of rotatable bonds is 3. The first-order valence-electron chi connectivity index (χ1n) is 7.22. The predicted octanol–water partition coefficient (Wildman–Crippen LogP) is 3.47. The minimum absolute atomic E-state index is 0.0891. The number of benzene rings is 1. The van der Waals surface area contributed by atoms with Crippen LogP contribution >= 0.6 is 0 Å². The van der Waals surface area contributed by atoms with E-state index in [1.807, 2.05) is 13.0 Å². The van der Waals surface area contributed by atoms with Gasteiger partial charge >= 0.3 is 0 Å². The highest BCUT2D eigenvalue weighted by atomic mass is 16.3. The van der Waals surface area contributed by atoms with Gasteiger partial charge in [0.05, 0.1) is 0 Å². The number of hydrogen-bond donors (Lipinski definition) is 2. The molecule has 2 aliphatic carbocycles. The molecule has 3 rings (SSSR count). The van der Waals surface area contributed by atoms with Crippen LogP contribution in [-0.2, 0) is 4.79 Å². The molecule has 102 valence electrons. The number of carbonyl (C=O) groups excluding carboxylic acids is 1. The minimum Gasteiger partial charge on any atom is -0.508 e. The highest BCUT2D eigenvalue weighted by Gasteiger charge is 2.40. The van der Waals surface area contributed by atoms with E-state index in [1.165, 1.54) is 25.7 Å². The molecule has 2 aliphatic rings. The van der Waals surface area contributed by atoms with E-state index in [4.69, 9.17) is 0 Å². The third-order valence-electron chi connectivity index (χ3n) is 4.91. The lowest BCUT2D eigenvalue weighted by Crippen LogP contribution is -2.20. The third kappa shape index (κ3) is 2.46. The Hall–Kier alpha value is -1.51. The van der Waals surface area contributed by atoms with Crippen LogP contribution in [-0.4, -0.2) is 11.0 Å². The number of anilines is 1. The topological polar surface area (TPSA) is 49.3 Å². The maximum atomic E-state index is 12.1. The molecule has 2 N–H and O–H groups in total. The van der Waals surface area contributed by atoms with E-state index in [9.17, 15) is 9.90 Å². The first kappa shape index (κ1) is 12.5. The number of phenolic OH excluding ortho intramolecular Hbond substituents is 1. The molecule has 3 heteroatoms. The summed E-state index contributed by atoms with van der Waals surface area (Å²) in [6.45, 7) is 1.82. The molecule has 3 unspecified atom stereocenters. The Morgan fingerprint density at radius 2 is 2.21 bits per heavy atom. The van der Waals surface area contributed by atoms with Crippen molar-refractivity contribution in [1.29, 1.82) is 0 Å². The summed E-state index contributed by atoms with van der Waals surface area (Å²) in [7, 11) is 0. The summed E-state index contributed by atoms with van der Waals surface area (Å²) in [6.07, 6.45) is 5.89. The molecule has 0 heterocycles. The molecule has 0 saturated heterocycles. The highest BCUT2D eigenvalue weighted by Crippen LogP contribution is 2.49. The lowest BCUT2D eigenvalue weighted by molar-refractivity contribution is -0.117. The molecule has 1 aromatic rings. The highest BCUT2D eigenvalue weighted by molar-refractivity contribution is 5.92. The molecule has 0 aliphatic heterocycles. The van der Waals surface area contributed by atoms with Crippen LogP contribution in [0, 0.1) is 24.7 Å². The zero-order valence-electron chi connectivity index (χ0n) is 11.4. The Bertz CT molecular complexity index is 498. The number of carbonyl (C=O) groups is 1. The number of fused-ring (bicyclic) bond motifs is 2. The molecule has 3 nitrogen and oxygen atoms in total. The second kappa shape index (κ2) is 4.87. The van der Waals surface area contributed by atoms with E-state index >= 15 is 0 Å². The van der Waals surface area contributed by atoms with Crippen LogP contribution in [0.4, 0.5) is 5.69 Å². The summed E-state index contributed by atoms with van der Waals surface area (Å²) < 4.78 is 0. The zero-order chi connectivity index (χ0) is 13.4. The molecule has 1 amide bonds. The number of hydrogen-bond acceptors (Lipinski definition) is 2. The van der Waals surface area contributed by atoms with Gasteiger partial charge in [-0.2, -0.15) is 0 Å². The fourth-order valence-electron chi connectivity index (χ4n) is 3.82. The average molecular weight is 259 g/mol. The second-order valence-corrected chi connectivity index (χ2v) is 6.14. The average Bonchev–Trinajstić information content (AvgIpc) is 2.97. The molecule has 2 saturated carbocycles. The quantitative estimate of drug-likeness (QED) is 0.873. The van der Waals surface area contributed by atoms with Gasteiger partial charge in [-0.25, -0.2) is 0 Å². The Morgan fingerprint density at radius 3 is 2.89 bits per heavy atom. The van der Waals surface area contributed by atoms with Crippen LogP contribution in [0.25, 0.3) is 0 Å². The van der Waals surface area contributed by atoms with Crippen molar-refractivity contribution in [3.63, 3.8) is 0 Å². The van der Waals surface area contributed by atoms with Gasteiger partial charge in [-0.15, -0.1) is 0 Å². The van der Waals surface area contributed by atoms with Gasteiger partial charge in [-0.05, 0) is 56.1 Å². The molecule has 2 bridgehead atoms. The smallest absolute Gasteiger partial charge is 0.224 e. The summed E-state index contributed by atoms with van der Waals surface area (Å²) in [4.78, 5) is 12.1. The lowest BCUT2D eigenvalue weighted by Gasteiger charge is -2.21. The first-order valence-corrected chi connectivity index (χ1v) is 7.22. The van der Waals surface area contributed by atoms with Gasteiger partial charge in [0.2, 0.25) is 5.91 Å². The molecule has 0 spiro atoms. The predicted molar refractivity (Wildman–Crippen MR) is 75.0 cm³/mol. The molecule has 19 heavy (non-hydrogen) atoms. The standard InChI is InChI=1S/C16H21NO2/c1-10-14(3-2-4-15(10)18)17-16(19)9-13-8-11-5-6-12(13)7-11/h2-4,11-13,18H,5-9H2,1H3,(H,17,19). The fourth-order valence-corrected chi connectivity index (χ4v) is 3.82. The number of aromatic hydroxyl groups is 1. The van der Waals surface area contributed by atoms with Crippen molar-refractivity contribution in [2.45, 2.75) is 39.0 Å². The summed E-state index contributed by atoms with van der Waals surface area (Å²) >= 11 is 0. The van der Waals surface area contributed by atoms with Crippen LogP contribution in [0.2, 0.25) is 0 Å². The molecule has 0 radical (unpaired) electrons. The van der Waals surface area contributed by atoms with E-state index in [2.05, 4.69) is 5.32 Å². The van der Waals surface area contributed by atoms with Crippen LogP contribution in [0.5, 0.6) is 5.75 Å². The van der Waals surface area contributed by atoms with Crippen molar-refractivity contribution in [2.24, 2.45) is 17.8 Å². The van der Waals surface area contributed by atoms with Crippen LogP contribution in [0.3, 0.4) is 0 Å². The normalized spacial score (nSPS) is 28.6. The Morgan fingerprint density at radius 1 is 1.37 bits per heavy atom. The minimum atomic E-state index is 0.0891. The van der Waals surface area contributed by atoms with E-state index in [0.717, 1.165) is 23.1 Å². The van der Waals surface area contributed by atoms with Gasteiger partial charge in [0, 0.05) is 17.7 Å². The Kier molecular flexibility index (Phi) is 3.21. The third-order valence-corrected chi connectivity index (χ3v) is 4.91. The second-order valence-electron chi connectivity index (χ2n) is 6.14. The van der Waals surface area contributed by atoms with Crippen molar-refractivity contribution in [3.8, 4) is 5.75 Å². The van der Waals surface area contributed by atoms with Crippen LogP contribution in [0.1, 0.15) is 37.7 Å². The van der Waals surface area contributed by atoms with E-state index in [-0.39, 0.29) is 11.7 Å². The molecular formula is C16H21NO2. The molecule has 3 atom stereocenters. The molecule has 0 aromatic heterocycles. The van der Waals surface area contributed by atoms with E-state index in [1.54, 1.807) is 12.1 Å². The van der Waals surface area contributed by atoms with Crippen molar-refractivity contribution >= 4 is 11.6 Å². The van der Waals surface area contributed by atoms with E-state index in [0.29, 0.717) is 12.3 Å². The summed E-state index contributed by atoms with van der Waals surface area (Å²) in [6, 6.07) is 5.24. The van der Waals surface area contributed by atoms with Crippen molar-refractivity contribution in [2.75, 3.05) is 5.32 Å². The van der Waals surface area contributed by atoms with Crippen LogP contribution < -0.4 is 5.32 Å². The molecule has 1 aromatic carbocycles. The SMILES string of the molecule is Cc1c(O)cccc1NC(=O)CC1CC2CCC1C2. The van der Waals surface area contributed by atoms with Gasteiger partial charge < -0.3 is 10.4 Å². The number of phenols is 1. The van der Waals surface area contributed by atoms with Gasteiger partial charge in [0.1, 0.15) is 5.75 Å². The summed E-state index contributed by atoms with van der Waals surface area (Å²) in [5.74, 6) is 2.56. The Labute approximate surface area is 114 Å². The Balaban J connectivity index is 1.61. The van der Waals surface area contributed by atoms with Gasteiger partial charge in [0.15, 0.2) is 0 Å². The maximum absolute atomic E-state index is 12.1. The first-order chi connectivity index (χ1) is 9.13. The zero-order valence-corrected chi connectivity index (χ0v) is 11.4. The number of nitrogens with one attached hydrogen (secondary N) is 1. The largest absolute Gasteiger partial charge is 0.508 e. The maximum Gasteiger partial charge on any atom is 0.224 e. The van der Waals surface area contributed by atoms with Gasteiger partial charge in [-0.1, -0.05) is 12.5 Å². The fraction of sp³-hybridized carbons (Fsp3) is 0.562. The lowest BCUT2D eigenvalue weighted by atomic mass is 9.86. The van der Waals surface area contributed by atoms with Crippen molar-refractivity contribution < 1.29 is 9.90 Å². The molecule has 2 fully saturated rings. The van der Waals surface area contributed by atoms with Crippen molar-refractivity contribution in [1.82, 2.24) is 0 Å². The summed E-state index contributed by atoms with van der Waals surface area (Å²) in [5, 5.41) is 12.6. The molecular weight excluding hydrogens is 238 g/mol. The monoisotopic (exact) mass is 259 g/mol. The van der Waals surface area contributed by atoms with Gasteiger partial charge in [-0.3, -0.25) is 4.79 Å². The van der Waals surface area contributed by atoms with E-state index < -0.39 is 0 Å². The number of amides is 1.